The topological polar surface area (TPSA) is 71.5 Å². The lowest BCUT2D eigenvalue weighted by Gasteiger charge is -2.35. The van der Waals surface area contributed by atoms with Crippen molar-refractivity contribution in [3.63, 3.8) is 0 Å². The predicted octanol–water partition coefficient (Wildman–Crippen LogP) is 1.78. The summed E-state index contributed by atoms with van der Waals surface area (Å²) in [5, 5.41) is 0. The second-order valence-corrected chi connectivity index (χ2v) is 5.49. The van der Waals surface area contributed by atoms with Crippen LogP contribution in [0.3, 0.4) is 0 Å². The highest BCUT2D eigenvalue weighted by molar-refractivity contribution is 5.92. The molecular formula is C16H17F2N5O2. The minimum absolute atomic E-state index is 0.0122. The van der Waals surface area contributed by atoms with Crippen molar-refractivity contribution in [3.05, 3.63) is 42.2 Å². The van der Waals surface area contributed by atoms with E-state index >= 15 is 0 Å². The third-order valence-electron chi connectivity index (χ3n) is 4.00. The largest absolute Gasteiger partial charge is 0.495 e. The molecule has 1 fully saturated rings. The third-order valence-corrected chi connectivity index (χ3v) is 4.00. The van der Waals surface area contributed by atoms with Crippen LogP contribution in [0.1, 0.15) is 22.6 Å². The average molecular weight is 349 g/mol. The van der Waals surface area contributed by atoms with E-state index in [-0.39, 0.29) is 11.6 Å². The molecule has 1 aliphatic heterocycles. The van der Waals surface area contributed by atoms with E-state index in [1.54, 1.807) is 24.4 Å². The average Bonchev–Trinajstić information content (AvgIpc) is 2.67. The van der Waals surface area contributed by atoms with E-state index in [0.29, 0.717) is 31.9 Å². The van der Waals surface area contributed by atoms with E-state index in [9.17, 15) is 13.6 Å². The van der Waals surface area contributed by atoms with Gasteiger partial charge in [0.15, 0.2) is 0 Å². The summed E-state index contributed by atoms with van der Waals surface area (Å²) >= 11 is 0. The molecule has 0 saturated carbocycles. The number of methoxy groups -OCH3 is 1. The molecule has 132 valence electrons. The van der Waals surface area contributed by atoms with Crippen LogP contribution >= 0.6 is 0 Å². The molecule has 7 nitrogen and oxygen atoms in total. The normalized spacial score (nSPS) is 14.7. The van der Waals surface area contributed by atoms with Gasteiger partial charge in [0, 0.05) is 32.2 Å². The number of nitrogens with zero attached hydrogens (tertiary/aromatic N) is 5. The van der Waals surface area contributed by atoms with E-state index in [1.165, 1.54) is 0 Å². The van der Waals surface area contributed by atoms with Crippen molar-refractivity contribution in [2.75, 3.05) is 38.2 Å². The fourth-order valence-electron chi connectivity index (χ4n) is 2.63. The van der Waals surface area contributed by atoms with Gasteiger partial charge in [-0.3, -0.25) is 9.78 Å². The first-order chi connectivity index (χ1) is 12.1. The number of ether oxygens (including phenoxy) is 1. The summed E-state index contributed by atoms with van der Waals surface area (Å²) in [4.78, 5) is 27.6. The van der Waals surface area contributed by atoms with Crippen molar-refractivity contribution in [1.29, 1.82) is 0 Å². The van der Waals surface area contributed by atoms with Gasteiger partial charge in [0.2, 0.25) is 0 Å². The van der Waals surface area contributed by atoms with Crippen molar-refractivity contribution in [1.82, 2.24) is 19.9 Å². The number of carbonyl (C=O) groups excluding carboxylic acids is 1. The maximum absolute atomic E-state index is 12.7. The molecule has 25 heavy (non-hydrogen) atoms. The zero-order chi connectivity index (χ0) is 17.8. The molecule has 0 radical (unpaired) electrons. The van der Waals surface area contributed by atoms with Crippen LogP contribution in [-0.4, -0.2) is 59.0 Å². The molecule has 0 aromatic carbocycles. The summed E-state index contributed by atoms with van der Waals surface area (Å²) < 4.78 is 30.6. The maximum atomic E-state index is 12.7. The highest BCUT2D eigenvalue weighted by atomic mass is 19.3. The highest BCUT2D eigenvalue weighted by Gasteiger charge is 2.24. The van der Waals surface area contributed by atoms with Crippen LogP contribution in [0.4, 0.5) is 14.5 Å². The Balaban J connectivity index is 1.65. The van der Waals surface area contributed by atoms with E-state index in [2.05, 4.69) is 19.9 Å². The van der Waals surface area contributed by atoms with Gasteiger partial charge in [-0.05, 0) is 6.07 Å². The van der Waals surface area contributed by atoms with Gasteiger partial charge in [0.1, 0.15) is 23.5 Å². The molecule has 1 saturated heterocycles. The second-order valence-electron chi connectivity index (χ2n) is 5.49. The zero-order valence-corrected chi connectivity index (χ0v) is 13.6. The molecule has 0 spiro atoms. The van der Waals surface area contributed by atoms with E-state index in [4.69, 9.17) is 4.74 Å². The van der Waals surface area contributed by atoms with Crippen molar-refractivity contribution in [2.45, 2.75) is 6.43 Å². The van der Waals surface area contributed by atoms with Gasteiger partial charge < -0.3 is 14.5 Å². The highest BCUT2D eigenvalue weighted by Crippen LogP contribution is 2.21. The monoisotopic (exact) mass is 349 g/mol. The van der Waals surface area contributed by atoms with Crippen LogP contribution in [0.15, 0.2) is 30.9 Å². The second kappa shape index (κ2) is 7.37. The van der Waals surface area contributed by atoms with Gasteiger partial charge in [-0.25, -0.2) is 18.7 Å². The Hall–Kier alpha value is -2.84. The molecular weight excluding hydrogens is 332 g/mol. The number of hydrogen-bond donors (Lipinski definition) is 0. The third kappa shape index (κ3) is 3.81. The molecule has 2 aromatic rings. The fourth-order valence-corrected chi connectivity index (χ4v) is 2.63. The van der Waals surface area contributed by atoms with Crippen LogP contribution in [0.2, 0.25) is 0 Å². The summed E-state index contributed by atoms with van der Waals surface area (Å²) in [7, 11) is 1.58. The van der Waals surface area contributed by atoms with E-state index in [0.717, 1.165) is 18.1 Å². The molecule has 0 unspecified atom stereocenters. The van der Waals surface area contributed by atoms with Crippen molar-refractivity contribution < 1.29 is 18.3 Å². The molecule has 1 amide bonds. The standard InChI is InChI=1S/C16H17F2N5O2/c1-25-12-6-11(8-19-9-12)22-2-4-23(5-3-22)16(24)14-7-13(15(17)18)20-10-21-14/h6-10,15H,2-5H2,1H3. The lowest BCUT2D eigenvalue weighted by molar-refractivity contribution is 0.0739. The lowest BCUT2D eigenvalue weighted by atomic mass is 10.2. The number of hydrogen-bond acceptors (Lipinski definition) is 6. The molecule has 0 N–H and O–H groups in total. The number of piperazine rings is 1. The summed E-state index contributed by atoms with van der Waals surface area (Å²) in [5.41, 5.74) is 0.453. The molecule has 9 heteroatoms. The number of amides is 1. The molecule has 2 aromatic heterocycles. The van der Waals surface area contributed by atoms with Crippen LogP contribution in [0, 0.1) is 0 Å². The summed E-state index contributed by atoms with van der Waals surface area (Å²) in [5.74, 6) is 0.296. The van der Waals surface area contributed by atoms with Crippen molar-refractivity contribution in [3.8, 4) is 5.75 Å². The number of aromatic nitrogens is 3. The van der Waals surface area contributed by atoms with Crippen LogP contribution in [0.5, 0.6) is 5.75 Å². The Morgan fingerprint density at radius 3 is 2.60 bits per heavy atom. The van der Waals surface area contributed by atoms with Gasteiger partial charge in [0.05, 0.1) is 25.2 Å². The van der Waals surface area contributed by atoms with Gasteiger partial charge >= 0.3 is 0 Å². The molecule has 0 bridgehead atoms. The summed E-state index contributed by atoms with van der Waals surface area (Å²) in [6, 6.07) is 2.93. The first-order valence-electron chi connectivity index (χ1n) is 7.72. The summed E-state index contributed by atoms with van der Waals surface area (Å²) in [6.07, 6.45) is 1.62. The lowest BCUT2D eigenvalue weighted by Crippen LogP contribution is -2.49. The van der Waals surface area contributed by atoms with Gasteiger partial charge in [-0.2, -0.15) is 0 Å². The Bertz CT molecular complexity index is 751. The number of anilines is 1. The van der Waals surface area contributed by atoms with Gasteiger partial charge in [0.25, 0.3) is 12.3 Å². The number of halogens is 2. The van der Waals surface area contributed by atoms with Crippen molar-refractivity contribution >= 4 is 11.6 Å². The molecule has 3 heterocycles. The first kappa shape index (κ1) is 17.0. The molecule has 3 rings (SSSR count). The Morgan fingerprint density at radius 2 is 1.92 bits per heavy atom. The maximum Gasteiger partial charge on any atom is 0.280 e. The predicted molar refractivity (Wildman–Crippen MR) is 85.9 cm³/mol. The number of rotatable bonds is 4. The Kier molecular flexibility index (Phi) is 5.01. The molecule has 1 aliphatic rings. The van der Waals surface area contributed by atoms with Crippen LogP contribution < -0.4 is 9.64 Å². The van der Waals surface area contributed by atoms with Crippen LogP contribution in [0.25, 0.3) is 0 Å². The van der Waals surface area contributed by atoms with Gasteiger partial charge in [-0.15, -0.1) is 0 Å². The van der Waals surface area contributed by atoms with E-state index in [1.807, 2.05) is 6.07 Å². The SMILES string of the molecule is COc1cncc(N2CCN(C(=O)c3cc(C(F)F)ncn3)CC2)c1. The fraction of sp³-hybridized carbons (Fsp3) is 0.375. The number of pyridine rings is 1. The van der Waals surface area contributed by atoms with E-state index < -0.39 is 12.1 Å². The van der Waals surface area contributed by atoms with Gasteiger partial charge in [-0.1, -0.05) is 0 Å². The summed E-state index contributed by atoms with van der Waals surface area (Å²) in [6.45, 7) is 2.13. The number of carbonyl (C=O) groups is 1. The van der Waals surface area contributed by atoms with Crippen molar-refractivity contribution in [2.24, 2.45) is 0 Å². The minimum atomic E-state index is -2.73. The first-order valence-corrected chi connectivity index (χ1v) is 7.72. The molecule has 0 aliphatic carbocycles. The zero-order valence-electron chi connectivity index (χ0n) is 13.6. The number of alkyl halides is 2. The Labute approximate surface area is 143 Å². The Morgan fingerprint density at radius 1 is 1.16 bits per heavy atom. The minimum Gasteiger partial charge on any atom is -0.495 e. The molecule has 0 atom stereocenters. The quantitative estimate of drug-likeness (QED) is 0.838. The van der Waals surface area contributed by atoms with Crippen LogP contribution in [-0.2, 0) is 0 Å². The smallest absolute Gasteiger partial charge is 0.280 e.